The van der Waals surface area contributed by atoms with E-state index in [0.29, 0.717) is 29.8 Å². The van der Waals surface area contributed by atoms with Crippen LogP contribution in [0, 0.1) is 6.92 Å². The van der Waals surface area contributed by atoms with Crippen molar-refractivity contribution in [3.63, 3.8) is 0 Å². The molecule has 1 aliphatic heterocycles. The van der Waals surface area contributed by atoms with Crippen molar-refractivity contribution in [2.75, 3.05) is 18.5 Å². The summed E-state index contributed by atoms with van der Waals surface area (Å²) in [4.78, 5) is 24.8. The lowest BCUT2D eigenvalue weighted by Crippen LogP contribution is -2.13. The summed E-state index contributed by atoms with van der Waals surface area (Å²) in [5.41, 5.74) is 1.77. The van der Waals surface area contributed by atoms with E-state index in [1.165, 1.54) is 17.5 Å². The van der Waals surface area contributed by atoms with Gasteiger partial charge in [-0.15, -0.1) is 0 Å². The van der Waals surface area contributed by atoms with Crippen LogP contribution in [0.5, 0.6) is 11.5 Å². The molecule has 0 radical (unpaired) electrons. The second kappa shape index (κ2) is 6.04. The van der Waals surface area contributed by atoms with E-state index in [1.54, 1.807) is 6.20 Å². The molecule has 1 aromatic carbocycles. The first-order valence-corrected chi connectivity index (χ1v) is 8.31. The molecule has 122 valence electrons. The molecule has 0 fully saturated rings. The van der Waals surface area contributed by atoms with Gasteiger partial charge >= 0.3 is 0 Å². The number of thiazole rings is 1. The Hall–Kier alpha value is -2.74. The van der Waals surface area contributed by atoms with Crippen LogP contribution in [0.1, 0.15) is 22.6 Å². The van der Waals surface area contributed by atoms with Crippen LogP contribution >= 0.6 is 11.3 Å². The van der Waals surface area contributed by atoms with Gasteiger partial charge in [-0.25, -0.2) is 9.97 Å². The lowest BCUT2D eigenvalue weighted by atomic mass is 10.3. The van der Waals surface area contributed by atoms with Gasteiger partial charge in [0.2, 0.25) is 0 Å². The van der Waals surface area contributed by atoms with Crippen LogP contribution < -0.4 is 14.8 Å². The standard InChI is InChI=1S/C16H14N4O3S/c1-9-7-18-11(8-17-9)15(21)20-16-19-10-5-12-13(6-14(10)24-16)23-4-2-3-22-12/h5-8H,2-4H2,1H3,(H,19,20,21). The van der Waals surface area contributed by atoms with Crippen molar-refractivity contribution in [1.29, 1.82) is 0 Å². The Morgan fingerprint density at radius 2 is 1.96 bits per heavy atom. The molecule has 0 spiro atoms. The highest BCUT2D eigenvalue weighted by atomic mass is 32.1. The van der Waals surface area contributed by atoms with Crippen molar-refractivity contribution >= 4 is 32.6 Å². The molecule has 1 aliphatic rings. The number of hydrogen-bond acceptors (Lipinski definition) is 7. The predicted molar refractivity (Wildman–Crippen MR) is 89.9 cm³/mol. The maximum Gasteiger partial charge on any atom is 0.277 e. The fourth-order valence-electron chi connectivity index (χ4n) is 2.31. The molecule has 0 unspecified atom stereocenters. The molecule has 2 aromatic heterocycles. The van der Waals surface area contributed by atoms with Crippen LogP contribution in [-0.2, 0) is 0 Å². The zero-order valence-electron chi connectivity index (χ0n) is 12.9. The summed E-state index contributed by atoms with van der Waals surface area (Å²) in [7, 11) is 0. The minimum atomic E-state index is -0.337. The average molecular weight is 342 g/mol. The van der Waals surface area contributed by atoms with Crippen molar-refractivity contribution in [3.8, 4) is 11.5 Å². The highest BCUT2D eigenvalue weighted by Gasteiger charge is 2.16. The lowest BCUT2D eigenvalue weighted by molar-refractivity contribution is 0.102. The quantitative estimate of drug-likeness (QED) is 0.771. The Balaban J connectivity index is 1.61. The van der Waals surface area contributed by atoms with Crippen LogP contribution in [0.2, 0.25) is 0 Å². The van der Waals surface area contributed by atoms with Crippen molar-refractivity contribution < 1.29 is 14.3 Å². The first-order valence-electron chi connectivity index (χ1n) is 7.49. The van der Waals surface area contributed by atoms with E-state index in [1.807, 2.05) is 19.1 Å². The van der Waals surface area contributed by atoms with E-state index >= 15 is 0 Å². The number of benzene rings is 1. The van der Waals surface area contributed by atoms with Crippen LogP contribution in [0.4, 0.5) is 5.13 Å². The van der Waals surface area contributed by atoms with Gasteiger partial charge in [-0.3, -0.25) is 15.1 Å². The normalized spacial score (nSPS) is 13.5. The third-order valence-electron chi connectivity index (χ3n) is 3.49. The summed E-state index contributed by atoms with van der Waals surface area (Å²) >= 11 is 1.38. The second-order valence-electron chi connectivity index (χ2n) is 5.33. The first kappa shape index (κ1) is 14.8. The maximum atomic E-state index is 12.2. The van der Waals surface area contributed by atoms with Crippen molar-refractivity contribution in [2.24, 2.45) is 0 Å². The van der Waals surface area contributed by atoms with E-state index in [-0.39, 0.29) is 11.6 Å². The molecule has 0 saturated heterocycles. The molecular weight excluding hydrogens is 328 g/mol. The van der Waals surface area contributed by atoms with Gasteiger partial charge in [0.15, 0.2) is 16.6 Å². The van der Waals surface area contributed by atoms with Gasteiger partial charge in [-0.1, -0.05) is 11.3 Å². The van der Waals surface area contributed by atoms with E-state index in [9.17, 15) is 4.79 Å². The van der Waals surface area contributed by atoms with E-state index in [0.717, 1.165) is 22.3 Å². The van der Waals surface area contributed by atoms with Crippen molar-refractivity contribution in [3.05, 3.63) is 35.9 Å². The largest absolute Gasteiger partial charge is 0.490 e. The Morgan fingerprint density at radius 1 is 1.17 bits per heavy atom. The highest BCUT2D eigenvalue weighted by molar-refractivity contribution is 7.22. The fraction of sp³-hybridized carbons (Fsp3) is 0.250. The molecule has 0 saturated carbocycles. The van der Waals surface area contributed by atoms with Crippen molar-refractivity contribution in [2.45, 2.75) is 13.3 Å². The Bertz CT molecular complexity index is 865. The summed E-state index contributed by atoms with van der Waals surface area (Å²) in [6.07, 6.45) is 3.86. The number of carbonyl (C=O) groups excluding carboxylic acids is 1. The molecule has 3 heterocycles. The SMILES string of the molecule is Cc1cnc(C(=O)Nc2nc3cc4c(cc3s2)OCCCO4)cn1. The number of aryl methyl sites for hydroxylation is 1. The number of amides is 1. The monoisotopic (exact) mass is 342 g/mol. The van der Waals surface area contributed by atoms with E-state index in [2.05, 4.69) is 20.3 Å². The summed E-state index contributed by atoms with van der Waals surface area (Å²) < 4.78 is 12.3. The van der Waals surface area contributed by atoms with Gasteiger partial charge in [0.25, 0.3) is 5.91 Å². The molecule has 0 bridgehead atoms. The molecule has 1 amide bonds. The average Bonchev–Trinajstić information content (AvgIpc) is 2.80. The number of hydrogen-bond donors (Lipinski definition) is 1. The van der Waals surface area contributed by atoms with Gasteiger partial charge in [-0.05, 0) is 6.92 Å². The van der Waals surface area contributed by atoms with Gasteiger partial charge in [0.05, 0.1) is 35.3 Å². The molecule has 7 nitrogen and oxygen atoms in total. The smallest absolute Gasteiger partial charge is 0.277 e. The number of aromatic nitrogens is 3. The topological polar surface area (TPSA) is 86.2 Å². The predicted octanol–water partition coefficient (Wildman–Crippen LogP) is 2.81. The number of anilines is 1. The van der Waals surface area contributed by atoms with Crippen LogP contribution in [0.15, 0.2) is 24.5 Å². The fourth-order valence-corrected chi connectivity index (χ4v) is 3.18. The summed E-state index contributed by atoms with van der Waals surface area (Å²) in [6.45, 7) is 3.07. The number of carbonyl (C=O) groups is 1. The van der Waals surface area contributed by atoms with Crippen LogP contribution in [-0.4, -0.2) is 34.1 Å². The third-order valence-corrected chi connectivity index (χ3v) is 4.43. The minimum Gasteiger partial charge on any atom is -0.490 e. The minimum absolute atomic E-state index is 0.252. The first-order chi connectivity index (χ1) is 11.7. The number of rotatable bonds is 2. The molecule has 8 heteroatoms. The number of fused-ring (bicyclic) bond motifs is 2. The number of nitrogens with one attached hydrogen (secondary N) is 1. The van der Waals surface area contributed by atoms with Crippen LogP contribution in [0.25, 0.3) is 10.2 Å². The zero-order chi connectivity index (χ0) is 16.5. The Kier molecular flexibility index (Phi) is 3.73. The van der Waals surface area contributed by atoms with E-state index < -0.39 is 0 Å². The molecular formula is C16H14N4O3S. The van der Waals surface area contributed by atoms with Gasteiger partial charge in [0.1, 0.15) is 5.69 Å². The summed E-state index contributed by atoms with van der Waals surface area (Å²) in [5, 5.41) is 3.25. The lowest BCUT2D eigenvalue weighted by Gasteiger charge is -2.05. The Labute approximate surface area is 141 Å². The molecule has 4 rings (SSSR count). The van der Waals surface area contributed by atoms with Gasteiger partial charge in [0, 0.05) is 24.8 Å². The number of ether oxygens (including phenoxy) is 2. The summed E-state index contributed by atoms with van der Waals surface area (Å²) in [5.74, 6) is 1.06. The third kappa shape index (κ3) is 2.88. The maximum absolute atomic E-state index is 12.2. The highest BCUT2D eigenvalue weighted by Crippen LogP contribution is 2.37. The molecule has 24 heavy (non-hydrogen) atoms. The van der Waals surface area contributed by atoms with Gasteiger partial charge < -0.3 is 9.47 Å². The molecule has 1 N–H and O–H groups in total. The van der Waals surface area contributed by atoms with Crippen molar-refractivity contribution in [1.82, 2.24) is 15.0 Å². The number of nitrogens with zero attached hydrogens (tertiary/aromatic N) is 3. The van der Waals surface area contributed by atoms with Crippen LogP contribution in [0.3, 0.4) is 0 Å². The van der Waals surface area contributed by atoms with Gasteiger partial charge in [-0.2, -0.15) is 0 Å². The Morgan fingerprint density at radius 3 is 2.71 bits per heavy atom. The molecule has 0 atom stereocenters. The molecule has 0 aliphatic carbocycles. The zero-order valence-corrected chi connectivity index (χ0v) is 13.7. The summed E-state index contributed by atoms with van der Waals surface area (Å²) in [6, 6.07) is 3.74. The second-order valence-corrected chi connectivity index (χ2v) is 6.36. The van der Waals surface area contributed by atoms with E-state index in [4.69, 9.17) is 9.47 Å². The molecule has 3 aromatic rings.